The van der Waals surface area contributed by atoms with Gasteiger partial charge in [0.25, 0.3) is 0 Å². The van der Waals surface area contributed by atoms with E-state index in [9.17, 15) is 4.79 Å². The second kappa shape index (κ2) is 7.66. The van der Waals surface area contributed by atoms with E-state index < -0.39 is 0 Å². The summed E-state index contributed by atoms with van der Waals surface area (Å²) in [5.74, 6) is 0.473. The summed E-state index contributed by atoms with van der Waals surface area (Å²) in [5, 5.41) is 11.1. The number of amides is 1. The summed E-state index contributed by atoms with van der Waals surface area (Å²) in [5.41, 5.74) is 1.86. The van der Waals surface area contributed by atoms with Gasteiger partial charge >= 0.3 is 0 Å². The predicted octanol–water partition coefficient (Wildman–Crippen LogP) is 1.28. The number of aryl methyl sites for hydroxylation is 2. The molecule has 1 aromatic rings. The Kier molecular flexibility index (Phi) is 6.18. The van der Waals surface area contributed by atoms with E-state index in [1.807, 2.05) is 27.7 Å². The second-order valence-electron chi connectivity index (χ2n) is 4.16. The topological polar surface area (TPSA) is 71.0 Å². The molecule has 0 spiro atoms. The van der Waals surface area contributed by atoms with Crippen molar-refractivity contribution in [3.63, 3.8) is 0 Å². The van der Waals surface area contributed by atoms with Crippen molar-refractivity contribution in [2.45, 2.75) is 40.5 Å². The minimum absolute atomic E-state index is 0.0474. The molecule has 0 aliphatic carbocycles. The average molecular weight is 265 g/mol. The summed E-state index contributed by atoms with van der Waals surface area (Å²) in [6, 6.07) is 0. The Labute approximate surface area is 114 Å². The fraction of sp³-hybridized carbons (Fsp3) is 0.692. The number of hydrogen-bond donors (Lipinski definition) is 1. The van der Waals surface area contributed by atoms with E-state index in [4.69, 9.17) is 0 Å². The number of rotatable bonds is 7. The molecule has 0 aliphatic rings. The first kappa shape index (κ1) is 15.3. The van der Waals surface area contributed by atoms with Gasteiger partial charge in [-0.05, 0) is 26.7 Å². The van der Waals surface area contributed by atoms with E-state index in [-0.39, 0.29) is 12.5 Å². The monoisotopic (exact) mass is 265 g/mol. The number of likely N-dealkylation sites (N-methyl/N-ethyl adjacent to an activating group) is 1. The van der Waals surface area contributed by atoms with Crippen LogP contribution in [0.2, 0.25) is 0 Å². The highest BCUT2D eigenvalue weighted by Crippen LogP contribution is 2.06. The fourth-order valence-corrected chi connectivity index (χ4v) is 1.86. The third-order valence-electron chi connectivity index (χ3n) is 3.02. The molecule has 0 aromatic carbocycles. The zero-order valence-electron chi connectivity index (χ0n) is 12.2. The van der Waals surface area contributed by atoms with Crippen molar-refractivity contribution in [1.82, 2.24) is 20.1 Å². The fourth-order valence-electron chi connectivity index (χ4n) is 1.86. The van der Waals surface area contributed by atoms with E-state index >= 15 is 0 Å². The zero-order chi connectivity index (χ0) is 14.3. The first-order valence-corrected chi connectivity index (χ1v) is 6.90. The van der Waals surface area contributed by atoms with Gasteiger partial charge in [0.05, 0.1) is 17.9 Å². The van der Waals surface area contributed by atoms with Gasteiger partial charge in [0.15, 0.2) is 0 Å². The van der Waals surface area contributed by atoms with Crippen molar-refractivity contribution in [2.75, 3.05) is 25.0 Å². The van der Waals surface area contributed by atoms with Crippen LogP contribution in [0, 0.1) is 0 Å². The third-order valence-corrected chi connectivity index (χ3v) is 3.02. The Morgan fingerprint density at radius 2 is 1.68 bits per heavy atom. The van der Waals surface area contributed by atoms with Crippen molar-refractivity contribution in [3.8, 4) is 0 Å². The van der Waals surface area contributed by atoms with Crippen molar-refractivity contribution >= 4 is 11.9 Å². The minimum Gasteiger partial charge on any atom is -0.344 e. The van der Waals surface area contributed by atoms with E-state index in [0.717, 1.165) is 24.2 Å². The Morgan fingerprint density at radius 3 is 2.21 bits per heavy atom. The highest BCUT2D eigenvalue weighted by Gasteiger charge is 2.11. The standard InChI is InChI=1S/C13H23N5O/c1-5-10-11(6-2)16-17-13(15-10)14-9-12(19)18(7-3)8-4/h5-9H2,1-4H3,(H,14,15,17). The van der Waals surface area contributed by atoms with Crippen LogP contribution in [0.25, 0.3) is 0 Å². The van der Waals surface area contributed by atoms with Gasteiger partial charge in [-0.1, -0.05) is 13.8 Å². The van der Waals surface area contributed by atoms with Gasteiger partial charge in [0, 0.05) is 13.1 Å². The summed E-state index contributed by atoms with van der Waals surface area (Å²) in [6.07, 6.45) is 1.64. The quantitative estimate of drug-likeness (QED) is 0.804. The molecule has 1 rings (SSSR count). The highest BCUT2D eigenvalue weighted by atomic mass is 16.2. The highest BCUT2D eigenvalue weighted by molar-refractivity contribution is 5.80. The molecule has 0 fully saturated rings. The van der Waals surface area contributed by atoms with Crippen LogP contribution in [0.4, 0.5) is 5.95 Å². The van der Waals surface area contributed by atoms with Gasteiger partial charge in [0.2, 0.25) is 11.9 Å². The molecule has 6 nitrogen and oxygen atoms in total. The van der Waals surface area contributed by atoms with Crippen LogP contribution in [-0.4, -0.2) is 45.6 Å². The molecule has 0 saturated heterocycles. The van der Waals surface area contributed by atoms with Crippen molar-refractivity contribution in [2.24, 2.45) is 0 Å². The Balaban J connectivity index is 2.65. The number of anilines is 1. The maximum Gasteiger partial charge on any atom is 0.243 e. The largest absolute Gasteiger partial charge is 0.344 e. The lowest BCUT2D eigenvalue weighted by Crippen LogP contribution is -2.35. The smallest absolute Gasteiger partial charge is 0.243 e. The van der Waals surface area contributed by atoms with Gasteiger partial charge in [-0.25, -0.2) is 4.98 Å². The average Bonchev–Trinajstić information content (AvgIpc) is 2.45. The summed E-state index contributed by atoms with van der Waals surface area (Å²) >= 11 is 0. The SMILES string of the molecule is CCc1nnc(NCC(=O)N(CC)CC)nc1CC. The van der Waals surface area contributed by atoms with Crippen LogP contribution in [-0.2, 0) is 17.6 Å². The summed E-state index contributed by atoms with van der Waals surface area (Å²) in [4.78, 5) is 18.0. The van der Waals surface area contributed by atoms with Gasteiger partial charge in [-0.2, -0.15) is 5.10 Å². The first-order chi connectivity index (χ1) is 9.15. The maximum atomic E-state index is 11.8. The minimum atomic E-state index is 0.0474. The van der Waals surface area contributed by atoms with Crippen molar-refractivity contribution < 1.29 is 4.79 Å². The molecule has 0 unspecified atom stereocenters. The van der Waals surface area contributed by atoms with E-state index in [0.29, 0.717) is 19.0 Å². The third kappa shape index (κ3) is 4.15. The molecule has 6 heteroatoms. The summed E-state index contributed by atoms with van der Waals surface area (Å²) in [7, 11) is 0. The maximum absolute atomic E-state index is 11.8. The molecular weight excluding hydrogens is 242 g/mol. The lowest BCUT2D eigenvalue weighted by molar-refractivity contribution is -0.128. The van der Waals surface area contributed by atoms with Gasteiger partial charge in [-0.3, -0.25) is 4.79 Å². The molecule has 0 radical (unpaired) electrons. The molecule has 106 valence electrons. The molecule has 0 saturated carbocycles. The molecule has 1 amide bonds. The van der Waals surface area contributed by atoms with Crippen LogP contribution in [0.5, 0.6) is 0 Å². The molecule has 0 bridgehead atoms. The number of aromatic nitrogens is 3. The summed E-state index contributed by atoms with van der Waals surface area (Å²) in [6.45, 7) is 9.62. The van der Waals surface area contributed by atoms with Crippen molar-refractivity contribution in [1.29, 1.82) is 0 Å². The first-order valence-electron chi connectivity index (χ1n) is 6.90. The van der Waals surface area contributed by atoms with Crippen LogP contribution in [0.1, 0.15) is 39.1 Å². The summed E-state index contributed by atoms with van der Waals surface area (Å²) < 4.78 is 0. The second-order valence-corrected chi connectivity index (χ2v) is 4.16. The number of hydrogen-bond acceptors (Lipinski definition) is 5. The normalized spacial score (nSPS) is 10.3. The lowest BCUT2D eigenvalue weighted by Gasteiger charge is -2.18. The van der Waals surface area contributed by atoms with Crippen molar-refractivity contribution in [3.05, 3.63) is 11.4 Å². The number of carbonyl (C=O) groups is 1. The molecule has 1 heterocycles. The van der Waals surface area contributed by atoms with Gasteiger partial charge < -0.3 is 10.2 Å². The van der Waals surface area contributed by atoms with Gasteiger partial charge in [-0.15, -0.1) is 5.10 Å². The molecular formula is C13H23N5O. The van der Waals surface area contributed by atoms with Crippen LogP contribution >= 0.6 is 0 Å². The molecule has 19 heavy (non-hydrogen) atoms. The predicted molar refractivity (Wildman–Crippen MR) is 75.0 cm³/mol. The number of nitrogens with one attached hydrogen (secondary N) is 1. The number of nitrogens with zero attached hydrogens (tertiary/aromatic N) is 4. The lowest BCUT2D eigenvalue weighted by atomic mass is 10.2. The molecule has 1 N–H and O–H groups in total. The Bertz CT molecular complexity index is 417. The van der Waals surface area contributed by atoms with E-state index in [2.05, 4.69) is 20.5 Å². The molecule has 0 aliphatic heterocycles. The number of carbonyl (C=O) groups excluding carboxylic acids is 1. The zero-order valence-corrected chi connectivity index (χ0v) is 12.2. The Morgan fingerprint density at radius 1 is 1.05 bits per heavy atom. The van der Waals surface area contributed by atoms with Gasteiger partial charge in [0.1, 0.15) is 0 Å². The van der Waals surface area contributed by atoms with E-state index in [1.54, 1.807) is 4.90 Å². The van der Waals surface area contributed by atoms with Crippen LogP contribution < -0.4 is 5.32 Å². The van der Waals surface area contributed by atoms with Crippen LogP contribution in [0.15, 0.2) is 0 Å². The van der Waals surface area contributed by atoms with E-state index in [1.165, 1.54) is 0 Å². The molecule has 1 aromatic heterocycles. The Hall–Kier alpha value is -1.72. The van der Waals surface area contributed by atoms with Crippen LogP contribution in [0.3, 0.4) is 0 Å². The molecule has 0 atom stereocenters.